The van der Waals surface area contributed by atoms with E-state index >= 15 is 0 Å². The van der Waals surface area contributed by atoms with Crippen molar-refractivity contribution in [2.24, 2.45) is 0 Å². The highest BCUT2D eigenvalue weighted by molar-refractivity contribution is 7.45. The van der Waals surface area contributed by atoms with E-state index < -0.39 is 32.5 Å². The Morgan fingerprint density at radius 3 is 1.29 bits per heavy atom. The second-order valence-electron chi connectivity index (χ2n) is 18.9. The Bertz CT molecular complexity index is 1350. The maximum atomic E-state index is 12.8. The molecule has 0 heterocycles. The SMILES string of the molecule is CC/C=C\C/C=C\C/C=C\C/C=C\CCCCCCCCCCCCCCCCC(=O)OC(COC(=O)CCCCCCC/C=C\C/C=C\CCCCC)COP(=O)([O-])OCC[N+](C)(C)C. The summed E-state index contributed by atoms with van der Waals surface area (Å²) < 4.78 is 34.1. The quantitative estimate of drug-likeness (QED) is 0.0195. The number of esters is 2. The Hall–Kier alpha value is -2.55. The number of ether oxygens (including phenoxy) is 2. The molecule has 0 rings (SSSR count). The van der Waals surface area contributed by atoms with E-state index in [9.17, 15) is 19.0 Å². The molecular weight excluding hydrogens is 846 g/mol. The van der Waals surface area contributed by atoms with E-state index in [2.05, 4.69) is 86.8 Å². The number of hydrogen-bond donors (Lipinski definition) is 0. The summed E-state index contributed by atoms with van der Waals surface area (Å²) in [7, 11) is 1.15. The number of quaternary nitrogens is 1. The highest BCUT2D eigenvalue weighted by atomic mass is 31.2. The van der Waals surface area contributed by atoms with E-state index in [1.165, 1.54) is 96.3 Å². The third-order valence-corrected chi connectivity index (χ3v) is 12.2. The first-order valence-corrected chi connectivity index (χ1v) is 28.1. The van der Waals surface area contributed by atoms with Gasteiger partial charge in [-0.3, -0.25) is 14.2 Å². The Morgan fingerprint density at radius 2 is 0.864 bits per heavy atom. The maximum Gasteiger partial charge on any atom is 0.306 e. The molecule has 0 aliphatic carbocycles. The molecule has 10 heteroatoms. The van der Waals surface area contributed by atoms with Gasteiger partial charge in [-0.25, -0.2) is 0 Å². The lowest BCUT2D eigenvalue weighted by atomic mass is 10.0. The molecule has 2 atom stereocenters. The molecule has 0 spiro atoms. The summed E-state index contributed by atoms with van der Waals surface area (Å²) in [5, 5.41) is 0. The van der Waals surface area contributed by atoms with Gasteiger partial charge in [0.05, 0.1) is 27.7 Å². The molecule has 9 nitrogen and oxygen atoms in total. The molecular formula is C56H100NO8P. The van der Waals surface area contributed by atoms with Crippen molar-refractivity contribution < 1.29 is 42.1 Å². The van der Waals surface area contributed by atoms with Gasteiger partial charge in [-0.05, 0) is 83.5 Å². The number of hydrogen-bond acceptors (Lipinski definition) is 8. The predicted octanol–water partition coefficient (Wildman–Crippen LogP) is 15.5. The first-order chi connectivity index (χ1) is 32.0. The summed E-state index contributed by atoms with van der Waals surface area (Å²) in [6, 6.07) is 0. The van der Waals surface area contributed by atoms with Crippen molar-refractivity contribution in [3.05, 3.63) is 72.9 Å². The van der Waals surface area contributed by atoms with Crippen molar-refractivity contribution in [3.63, 3.8) is 0 Å². The highest BCUT2D eigenvalue weighted by Crippen LogP contribution is 2.38. The van der Waals surface area contributed by atoms with E-state index in [1.54, 1.807) is 0 Å². The van der Waals surface area contributed by atoms with E-state index in [0.717, 1.165) is 83.5 Å². The second kappa shape index (κ2) is 47.5. The van der Waals surface area contributed by atoms with Gasteiger partial charge >= 0.3 is 11.9 Å². The molecule has 0 aromatic rings. The predicted molar refractivity (Wildman–Crippen MR) is 277 cm³/mol. The van der Waals surface area contributed by atoms with Crippen molar-refractivity contribution in [2.45, 2.75) is 225 Å². The molecule has 0 bridgehead atoms. The molecule has 0 aliphatic rings. The minimum absolute atomic E-state index is 0.0355. The number of phosphoric ester groups is 1. The van der Waals surface area contributed by atoms with Gasteiger partial charge in [0.1, 0.15) is 19.8 Å². The van der Waals surface area contributed by atoms with Crippen LogP contribution in [0.3, 0.4) is 0 Å². The van der Waals surface area contributed by atoms with Crippen LogP contribution in [-0.4, -0.2) is 70.0 Å². The molecule has 0 N–H and O–H groups in total. The minimum atomic E-state index is -4.64. The van der Waals surface area contributed by atoms with Gasteiger partial charge in [-0.1, -0.05) is 196 Å². The zero-order valence-corrected chi connectivity index (χ0v) is 44.0. The molecule has 0 fully saturated rings. The summed E-state index contributed by atoms with van der Waals surface area (Å²) in [5.41, 5.74) is 0. The minimum Gasteiger partial charge on any atom is -0.756 e. The average molecular weight is 946 g/mol. The molecule has 0 aliphatic heterocycles. The molecule has 0 aromatic heterocycles. The van der Waals surface area contributed by atoms with Gasteiger partial charge in [0.25, 0.3) is 7.82 Å². The average Bonchev–Trinajstić information content (AvgIpc) is 3.27. The van der Waals surface area contributed by atoms with Crippen LogP contribution >= 0.6 is 7.82 Å². The Labute approximate surface area is 406 Å². The summed E-state index contributed by atoms with van der Waals surface area (Å²) in [6.45, 7) is 4.08. The van der Waals surface area contributed by atoms with Crippen LogP contribution in [0.1, 0.15) is 219 Å². The maximum absolute atomic E-state index is 12.8. The lowest BCUT2D eigenvalue weighted by Crippen LogP contribution is -2.37. The Kier molecular flexibility index (Phi) is 45.7. The number of carbonyl (C=O) groups is 2. The molecule has 0 aromatic carbocycles. The van der Waals surface area contributed by atoms with Crippen molar-refractivity contribution in [1.82, 2.24) is 0 Å². The summed E-state index contributed by atoms with van der Waals surface area (Å²) in [6.07, 6.45) is 60.8. The third-order valence-electron chi connectivity index (χ3n) is 11.2. The fraction of sp³-hybridized carbons (Fsp3) is 0.750. The smallest absolute Gasteiger partial charge is 0.306 e. The fourth-order valence-electron chi connectivity index (χ4n) is 7.09. The molecule has 0 saturated heterocycles. The van der Waals surface area contributed by atoms with E-state index in [1.807, 2.05) is 21.1 Å². The summed E-state index contributed by atoms with van der Waals surface area (Å²) in [5.74, 6) is -0.850. The van der Waals surface area contributed by atoms with Crippen LogP contribution in [0.5, 0.6) is 0 Å². The molecule has 66 heavy (non-hydrogen) atoms. The largest absolute Gasteiger partial charge is 0.756 e. The van der Waals surface area contributed by atoms with Crippen LogP contribution in [0.15, 0.2) is 72.9 Å². The number of likely N-dealkylation sites (N-methyl/N-ethyl adjacent to an activating group) is 1. The van der Waals surface area contributed by atoms with Crippen LogP contribution in [0.4, 0.5) is 0 Å². The fourth-order valence-corrected chi connectivity index (χ4v) is 7.82. The van der Waals surface area contributed by atoms with Gasteiger partial charge < -0.3 is 27.9 Å². The number of allylic oxidation sites excluding steroid dienone is 12. The van der Waals surface area contributed by atoms with E-state index in [0.29, 0.717) is 23.9 Å². The number of rotatable bonds is 48. The highest BCUT2D eigenvalue weighted by Gasteiger charge is 2.21. The van der Waals surface area contributed by atoms with Crippen LogP contribution in [0.2, 0.25) is 0 Å². The Balaban J connectivity index is 4.18. The monoisotopic (exact) mass is 946 g/mol. The van der Waals surface area contributed by atoms with Crippen molar-refractivity contribution in [2.75, 3.05) is 47.5 Å². The normalized spacial score (nSPS) is 14.0. The Morgan fingerprint density at radius 1 is 0.485 bits per heavy atom. The molecule has 0 amide bonds. The second-order valence-corrected chi connectivity index (χ2v) is 20.3. The van der Waals surface area contributed by atoms with Gasteiger partial charge in [0, 0.05) is 12.8 Å². The molecule has 0 radical (unpaired) electrons. The van der Waals surface area contributed by atoms with Crippen LogP contribution in [-0.2, 0) is 32.7 Å². The number of unbranched alkanes of at least 4 members (excludes halogenated alkanes) is 22. The standard InChI is InChI=1S/C56H100NO8P/c1-6-8-10-12-14-16-18-20-22-23-24-25-26-27-28-29-30-31-32-33-35-37-39-41-43-45-47-49-56(59)65-54(53-64-66(60,61)63-51-50-57(3,4)5)52-62-55(58)48-46-44-42-40-38-36-34-21-19-17-15-13-11-9-7-2/h8,10,14-17,20-22,24-25,34,54H,6-7,9,11-13,18-19,23,26-33,35-53H2,1-5H3/b10-8-,16-14-,17-15-,22-20-,25-24-,34-21-. The summed E-state index contributed by atoms with van der Waals surface area (Å²) in [4.78, 5) is 37.7. The van der Waals surface area contributed by atoms with Crippen molar-refractivity contribution in [1.29, 1.82) is 0 Å². The lowest BCUT2D eigenvalue weighted by Gasteiger charge is -2.28. The zero-order valence-electron chi connectivity index (χ0n) is 43.1. The summed E-state index contributed by atoms with van der Waals surface area (Å²) >= 11 is 0. The molecule has 2 unspecified atom stereocenters. The van der Waals surface area contributed by atoms with Crippen LogP contribution in [0.25, 0.3) is 0 Å². The van der Waals surface area contributed by atoms with E-state index in [-0.39, 0.29) is 26.1 Å². The third kappa shape index (κ3) is 50.9. The number of nitrogens with zero attached hydrogens (tertiary/aromatic N) is 1. The number of carbonyl (C=O) groups excluding carboxylic acids is 2. The van der Waals surface area contributed by atoms with Gasteiger partial charge in [0.2, 0.25) is 0 Å². The van der Waals surface area contributed by atoms with Gasteiger partial charge in [0.15, 0.2) is 6.10 Å². The van der Waals surface area contributed by atoms with E-state index in [4.69, 9.17) is 18.5 Å². The zero-order chi connectivity index (χ0) is 48.5. The van der Waals surface area contributed by atoms with Gasteiger partial charge in [-0.15, -0.1) is 0 Å². The first-order valence-electron chi connectivity index (χ1n) is 26.6. The number of phosphoric acid groups is 1. The van der Waals surface area contributed by atoms with Gasteiger partial charge in [-0.2, -0.15) is 0 Å². The van der Waals surface area contributed by atoms with Crippen molar-refractivity contribution in [3.8, 4) is 0 Å². The van der Waals surface area contributed by atoms with Crippen LogP contribution in [0, 0.1) is 0 Å². The molecule has 382 valence electrons. The lowest BCUT2D eigenvalue weighted by molar-refractivity contribution is -0.870. The van der Waals surface area contributed by atoms with Crippen LogP contribution < -0.4 is 4.89 Å². The topological polar surface area (TPSA) is 111 Å². The van der Waals surface area contributed by atoms with Crippen molar-refractivity contribution >= 4 is 19.8 Å². The first kappa shape index (κ1) is 63.5. The molecule has 0 saturated carbocycles.